The van der Waals surface area contributed by atoms with Gasteiger partial charge in [0, 0.05) is 19.3 Å². The fourth-order valence-corrected chi connectivity index (χ4v) is 9.14. The van der Waals surface area contributed by atoms with Crippen molar-refractivity contribution in [2.75, 3.05) is 13.2 Å². The molecule has 0 aromatic carbocycles. The van der Waals surface area contributed by atoms with E-state index in [9.17, 15) is 14.4 Å². The van der Waals surface area contributed by atoms with Crippen molar-refractivity contribution >= 4 is 17.9 Å². The van der Waals surface area contributed by atoms with Crippen LogP contribution in [0.1, 0.15) is 316 Å². The second-order valence-corrected chi connectivity index (χ2v) is 21.6. The van der Waals surface area contributed by atoms with E-state index in [-0.39, 0.29) is 31.1 Å². The summed E-state index contributed by atoms with van der Waals surface area (Å²) in [7, 11) is 0. The second kappa shape index (κ2) is 64.9. The summed E-state index contributed by atoms with van der Waals surface area (Å²) in [5, 5.41) is 0. The summed E-state index contributed by atoms with van der Waals surface area (Å²) in [6.45, 7) is 6.51. The molecule has 1 atom stereocenters. The third kappa shape index (κ3) is 63.0. The lowest BCUT2D eigenvalue weighted by atomic mass is 10.0. The molecule has 0 aromatic rings. The normalized spacial score (nSPS) is 12.7. The molecule has 0 bridgehead atoms. The van der Waals surface area contributed by atoms with Gasteiger partial charge >= 0.3 is 17.9 Å². The van der Waals surface area contributed by atoms with E-state index in [1.54, 1.807) is 0 Å². The molecule has 0 radical (unpaired) electrons. The zero-order chi connectivity index (χ0) is 55.7. The van der Waals surface area contributed by atoms with E-state index in [2.05, 4.69) is 118 Å². The number of rotatable bonds is 59. The minimum atomic E-state index is -0.786. The van der Waals surface area contributed by atoms with Gasteiger partial charge in [-0.2, -0.15) is 0 Å². The largest absolute Gasteiger partial charge is 0.462 e. The molecular weight excluding hydrogens is 949 g/mol. The molecule has 0 aliphatic heterocycles. The summed E-state index contributed by atoms with van der Waals surface area (Å²) >= 11 is 0. The Kier molecular flexibility index (Phi) is 61.8. The van der Waals surface area contributed by atoms with Crippen molar-refractivity contribution in [3.63, 3.8) is 0 Å². The van der Waals surface area contributed by atoms with Crippen LogP contribution in [-0.4, -0.2) is 37.2 Å². The predicted molar refractivity (Wildman–Crippen MR) is 334 cm³/mol. The average Bonchev–Trinajstić information content (AvgIpc) is 3.43. The summed E-state index contributed by atoms with van der Waals surface area (Å²) in [5.41, 5.74) is 0. The van der Waals surface area contributed by atoms with Crippen LogP contribution in [0.3, 0.4) is 0 Å². The first-order valence-corrected chi connectivity index (χ1v) is 32.7. The molecule has 1 unspecified atom stereocenters. The van der Waals surface area contributed by atoms with Crippen molar-refractivity contribution in [3.8, 4) is 0 Å². The fourth-order valence-electron chi connectivity index (χ4n) is 9.14. The van der Waals surface area contributed by atoms with Gasteiger partial charge in [-0.3, -0.25) is 14.4 Å². The first-order chi connectivity index (χ1) is 38.0. The monoisotopic (exact) mass is 1070 g/mol. The minimum Gasteiger partial charge on any atom is -0.462 e. The van der Waals surface area contributed by atoms with Crippen LogP contribution in [0.5, 0.6) is 0 Å². The number of ether oxygens (including phenoxy) is 3. The van der Waals surface area contributed by atoms with E-state index in [0.29, 0.717) is 19.3 Å². The molecule has 77 heavy (non-hydrogen) atoms. The molecular formula is C71H122O6. The van der Waals surface area contributed by atoms with Crippen LogP contribution < -0.4 is 0 Å². The van der Waals surface area contributed by atoms with Gasteiger partial charge in [0.15, 0.2) is 6.10 Å². The molecule has 0 aromatic heterocycles. The minimum absolute atomic E-state index is 0.0824. The van der Waals surface area contributed by atoms with Gasteiger partial charge in [0.1, 0.15) is 13.2 Å². The van der Waals surface area contributed by atoms with Gasteiger partial charge in [0.2, 0.25) is 0 Å². The maximum atomic E-state index is 12.9. The van der Waals surface area contributed by atoms with E-state index in [1.807, 2.05) is 0 Å². The van der Waals surface area contributed by atoms with Crippen molar-refractivity contribution in [2.24, 2.45) is 0 Å². The Hall–Kier alpha value is -3.67. The molecule has 0 aliphatic rings. The van der Waals surface area contributed by atoms with Crippen LogP contribution >= 0.6 is 0 Å². The Labute approximate surface area is 477 Å². The number of hydrogen-bond donors (Lipinski definition) is 0. The second-order valence-electron chi connectivity index (χ2n) is 21.6. The molecule has 0 spiro atoms. The Morgan fingerprint density at radius 2 is 0.506 bits per heavy atom. The smallest absolute Gasteiger partial charge is 0.306 e. The highest BCUT2D eigenvalue weighted by Gasteiger charge is 2.19. The van der Waals surface area contributed by atoms with Crippen LogP contribution in [0.2, 0.25) is 0 Å². The van der Waals surface area contributed by atoms with Crippen molar-refractivity contribution in [2.45, 2.75) is 322 Å². The Balaban J connectivity index is 4.23. The highest BCUT2D eigenvalue weighted by Crippen LogP contribution is 2.16. The first kappa shape index (κ1) is 73.3. The van der Waals surface area contributed by atoms with Gasteiger partial charge in [0.05, 0.1) is 0 Å². The quantitative estimate of drug-likeness (QED) is 0.0261. The van der Waals surface area contributed by atoms with Crippen LogP contribution in [0.4, 0.5) is 0 Å². The highest BCUT2D eigenvalue weighted by molar-refractivity contribution is 5.71. The molecule has 0 saturated carbocycles. The highest BCUT2D eigenvalue weighted by atomic mass is 16.6. The number of carbonyl (C=O) groups is 3. The van der Waals surface area contributed by atoms with Gasteiger partial charge in [-0.1, -0.05) is 272 Å². The molecule has 0 amide bonds. The van der Waals surface area contributed by atoms with Gasteiger partial charge in [-0.15, -0.1) is 0 Å². The summed E-state index contributed by atoms with van der Waals surface area (Å²) in [4.78, 5) is 38.3. The topological polar surface area (TPSA) is 78.9 Å². The maximum absolute atomic E-state index is 12.9. The predicted octanol–water partition coefficient (Wildman–Crippen LogP) is 22.4. The van der Waals surface area contributed by atoms with Gasteiger partial charge in [0.25, 0.3) is 0 Å². The SMILES string of the molecule is CC/C=C\C/C=C\C/C=C\C/C=C\C/C=C\C/C=C\CCCCCCCCCCCCCCC(=O)OCC(COC(=O)CCCCCCC/C=C\CCCCCC)OC(=O)CCCCCCC/C=C\CCCCCCCC. The molecule has 0 rings (SSSR count). The number of esters is 3. The lowest BCUT2D eigenvalue weighted by Crippen LogP contribution is -2.30. The third-order valence-electron chi connectivity index (χ3n) is 14.0. The maximum Gasteiger partial charge on any atom is 0.306 e. The van der Waals surface area contributed by atoms with Crippen LogP contribution in [0.15, 0.2) is 97.2 Å². The molecule has 0 N–H and O–H groups in total. The van der Waals surface area contributed by atoms with Gasteiger partial charge < -0.3 is 14.2 Å². The lowest BCUT2D eigenvalue weighted by Gasteiger charge is -2.18. The standard InChI is InChI=1S/C71H122O6/c1-4-7-10-13-16-19-22-25-27-28-29-30-31-32-33-34-35-36-37-38-39-40-41-42-44-46-49-52-55-58-61-64-70(73)76-67-68(66-75-69(72)63-60-57-54-51-48-45-24-21-18-15-12-9-6-3)77-71(74)65-62-59-56-53-50-47-43-26-23-20-17-14-11-8-5-2/h7,10,16,19,21,24-27,29-30,32-33,35-36,43,68H,4-6,8-9,11-15,17-18,20,22-23,28,31,34,37-42,44-67H2,1-3H3/b10-7-,19-16-,24-21-,27-25-,30-29-,33-32-,36-35-,43-26-. The zero-order valence-corrected chi connectivity index (χ0v) is 50.7. The molecule has 442 valence electrons. The fraction of sp³-hybridized carbons (Fsp3) is 0.732. The summed E-state index contributed by atoms with van der Waals surface area (Å²) in [6, 6.07) is 0. The van der Waals surface area contributed by atoms with E-state index in [1.165, 1.54) is 161 Å². The molecule has 0 saturated heterocycles. The van der Waals surface area contributed by atoms with E-state index in [4.69, 9.17) is 14.2 Å². The Morgan fingerprint density at radius 3 is 0.818 bits per heavy atom. The van der Waals surface area contributed by atoms with Crippen molar-refractivity contribution in [3.05, 3.63) is 97.2 Å². The zero-order valence-electron chi connectivity index (χ0n) is 50.7. The lowest BCUT2D eigenvalue weighted by molar-refractivity contribution is -0.167. The number of allylic oxidation sites excluding steroid dienone is 16. The van der Waals surface area contributed by atoms with Gasteiger partial charge in [-0.25, -0.2) is 0 Å². The number of unbranched alkanes of at least 4 members (excludes halogenated alkanes) is 32. The Morgan fingerprint density at radius 1 is 0.273 bits per heavy atom. The molecule has 6 nitrogen and oxygen atoms in total. The average molecular weight is 1070 g/mol. The van der Waals surface area contributed by atoms with E-state index < -0.39 is 6.10 Å². The summed E-state index contributed by atoms with van der Waals surface area (Å²) in [6.07, 6.45) is 87.0. The third-order valence-corrected chi connectivity index (χ3v) is 14.0. The van der Waals surface area contributed by atoms with Crippen molar-refractivity contribution in [1.82, 2.24) is 0 Å². The number of hydrogen-bond acceptors (Lipinski definition) is 6. The molecule has 0 fully saturated rings. The Bertz CT molecular complexity index is 1510. The van der Waals surface area contributed by atoms with Gasteiger partial charge in [-0.05, 0) is 122 Å². The summed E-state index contributed by atoms with van der Waals surface area (Å²) < 4.78 is 16.9. The van der Waals surface area contributed by atoms with Crippen molar-refractivity contribution < 1.29 is 28.6 Å². The van der Waals surface area contributed by atoms with Crippen LogP contribution in [0, 0.1) is 0 Å². The molecule has 6 heteroatoms. The van der Waals surface area contributed by atoms with E-state index >= 15 is 0 Å². The number of carbonyl (C=O) groups excluding carboxylic acids is 3. The van der Waals surface area contributed by atoms with Crippen LogP contribution in [0.25, 0.3) is 0 Å². The summed E-state index contributed by atoms with van der Waals surface area (Å²) in [5.74, 6) is -0.891. The first-order valence-electron chi connectivity index (χ1n) is 32.7. The van der Waals surface area contributed by atoms with E-state index in [0.717, 1.165) is 116 Å². The molecule has 0 heterocycles. The van der Waals surface area contributed by atoms with Crippen LogP contribution in [-0.2, 0) is 28.6 Å². The molecule has 0 aliphatic carbocycles. The van der Waals surface area contributed by atoms with Crippen molar-refractivity contribution in [1.29, 1.82) is 0 Å².